The molecule has 0 heterocycles. The van der Waals surface area contributed by atoms with Gasteiger partial charge in [0.25, 0.3) is 0 Å². The summed E-state index contributed by atoms with van der Waals surface area (Å²) in [4.78, 5) is 0. The fourth-order valence-corrected chi connectivity index (χ4v) is 1.92. The summed E-state index contributed by atoms with van der Waals surface area (Å²) >= 11 is 0. The van der Waals surface area contributed by atoms with E-state index >= 15 is 0 Å². The third-order valence-electron chi connectivity index (χ3n) is 2.96. The van der Waals surface area contributed by atoms with E-state index in [1.165, 1.54) is 16.7 Å². The van der Waals surface area contributed by atoms with Crippen LogP contribution in [0.15, 0.2) is 66.3 Å². The van der Waals surface area contributed by atoms with Gasteiger partial charge in [0.05, 0.1) is 0 Å². The Balaban J connectivity index is 3.06. The Bertz CT molecular complexity index is 611. The summed E-state index contributed by atoms with van der Waals surface area (Å²) in [5.41, 5.74) is 4.89. The molecule has 0 spiro atoms. The quantitative estimate of drug-likeness (QED) is 0.498. The zero-order valence-corrected chi connectivity index (χ0v) is 12.8. The number of hydrogen-bond acceptors (Lipinski definition) is 0. The maximum atomic E-state index is 2.99. The summed E-state index contributed by atoms with van der Waals surface area (Å²) < 4.78 is 0. The van der Waals surface area contributed by atoms with Crippen LogP contribution in [0.3, 0.4) is 0 Å². The van der Waals surface area contributed by atoms with E-state index in [0.29, 0.717) is 0 Å². The molecular formula is C20H22. The molecule has 0 fully saturated rings. The minimum atomic E-state index is 1.11. The number of allylic oxidation sites excluding steroid dienone is 8. The highest BCUT2D eigenvalue weighted by molar-refractivity contribution is 5.76. The first-order valence-corrected chi connectivity index (χ1v) is 6.88. The third-order valence-corrected chi connectivity index (χ3v) is 2.96. The van der Waals surface area contributed by atoms with Gasteiger partial charge in [0.2, 0.25) is 0 Å². The third kappa shape index (κ3) is 4.78. The first kappa shape index (κ1) is 15.8. The number of aryl methyl sites for hydroxylation is 1. The van der Waals surface area contributed by atoms with Crippen molar-refractivity contribution in [2.75, 3.05) is 0 Å². The molecule has 0 bridgehead atoms. The van der Waals surface area contributed by atoms with Crippen molar-refractivity contribution in [1.82, 2.24) is 0 Å². The summed E-state index contributed by atoms with van der Waals surface area (Å²) in [5.74, 6) is 5.88. The Morgan fingerprint density at radius 2 is 1.80 bits per heavy atom. The molecule has 0 saturated heterocycles. The molecule has 0 aliphatic carbocycles. The molecule has 0 aliphatic heterocycles. The minimum Gasteiger partial charge on any atom is -0.102 e. The standard InChI is InChI=1S/C20H22/c1-5-8-13-18(11-6-2)15-16-19(7-3)20-14-10-9-12-17(20)4/h6-7,9-16H,1-4H3/b11-6-,16-15+,18-13+,19-7-. The molecule has 1 aromatic rings. The summed E-state index contributed by atoms with van der Waals surface area (Å²) in [7, 11) is 0. The SMILES string of the molecule is CC#C/C=C(\C=C/C)/C=C/C(=C/C)c1ccccc1C. The van der Waals surface area contributed by atoms with Crippen molar-refractivity contribution < 1.29 is 0 Å². The first-order chi connectivity index (χ1) is 9.72. The zero-order chi connectivity index (χ0) is 14.8. The van der Waals surface area contributed by atoms with Crippen LogP contribution in [0.5, 0.6) is 0 Å². The molecule has 0 nitrogen and oxygen atoms in total. The fourth-order valence-electron chi connectivity index (χ4n) is 1.92. The molecule has 0 atom stereocenters. The molecule has 0 aliphatic rings. The monoisotopic (exact) mass is 262 g/mol. The van der Waals surface area contributed by atoms with E-state index in [1.807, 2.05) is 26.0 Å². The van der Waals surface area contributed by atoms with Crippen LogP contribution in [-0.4, -0.2) is 0 Å². The smallest absolute Gasteiger partial charge is 0.00235 e. The first-order valence-electron chi connectivity index (χ1n) is 6.88. The Labute approximate surface area is 123 Å². The van der Waals surface area contributed by atoms with E-state index in [1.54, 1.807) is 0 Å². The average Bonchev–Trinajstić information content (AvgIpc) is 2.46. The van der Waals surface area contributed by atoms with Gasteiger partial charge in [-0.3, -0.25) is 0 Å². The predicted molar refractivity (Wildman–Crippen MR) is 90.3 cm³/mol. The van der Waals surface area contributed by atoms with Gasteiger partial charge in [-0.25, -0.2) is 0 Å². The number of hydrogen-bond donors (Lipinski definition) is 0. The maximum absolute atomic E-state index is 2.99. The van der Waals surface area contributed by atoms with Crippen molar-refractivity contribution in [3.8, 4) is 11.8 Å². The predicted octanol–water partition coefficient (Wildman–Crippen LogP) is 5.48. The lowest BCUT2D eigenvalue weighted by Crippen LogP contribution is -1.85. The normalized spacial score (nSPS) is 12.8. The van der Waals surface area contributed by atoms with Crippen LogP contribution in [0.25, 0.3) is 5.57 Å². The van der Waals surface area contributed by atoms with E-state index in [9.17, 15) is 0 Å². The van der Waals surface area contributed by atoms with Crippen LogP contribution in [-0.2, 0) is 0 Å². The van der Waals surface area contributed by atoms with Gasteiger partial charge in [-0.2, -0.15) is 0 Å². The van der Waals surface area contributed by atoms with E-state index in [2.05, 4.69) is 74.3 Å². The Hall–Kier alpha value is -2.26. The summed E-state index contributed by atoms with van der Waals surface area (Å²) in [5, 5.41) is 0. The van der Waals surface area contributed by atoms with Gasteiger partial charge < -0.3 is 0 Å². The van der Waals surface area contributed by atoms with Crippen molar-refractivity contribution in [1.29, 1.82) is 0 Å². The molecule has 0 N–H and O–H groups in total. The molecule has 102 valence electrons. The van der Waals surface area contributed by atoms with E-state index < -0.39 is 0 Å². The van der Waals surface area contributed by atoms with Crippen LogP contribution in [0.1, 0.15) is 31.9 Å². The zero-order valence-electron chi connectivity index (χ0n) is 12.8. The molecule has 20 heavy (non-hydrogen) atoms. The largest absolute Gasteiger partial charge is 0.102 e. The summed E-state index contributed by atoms with van der Waals surface area (Å²) in [6.45, 7) is 8.06. The van der Waals surface area contributed by atoms with Crippen LogP contribution in [0.2, 0.25) is 0 Å². The highest BCUT2D eigenvalue weighted by atomic mass is 14.0. The molecule has 0 saturated carbocycles. The van der Waals surface area contributed by atoms with Crippen molar-refractivity contribution in [3.63, 3.8) is 0 Å². The summed E-state index contributed by atoms with van der Waals surface area (Å²) in [6.07, 6.45) is 12.4. The Morgan fingerprint density at radius 1 is 1.05 bits per heavy atom. The number of benzene rings is 1. The van der Waals surface area contributed by atoms with E-state index in [0.717, 1.165) is 5.57 Å². The molecule has 1 aromatic carbocycles. The lowest BCUT2D eigenvalue weighted by Gasteiger charge is -2.06. The van der Waals surface area contributed by atoms with Crippen LogP contribution < -0.4 is 0 Å². The molecule has 0 radical (unpaired) electrons. The second-order valence-electron chi connectivity index (χ2n) is 4.43. The van der Waals surface area contributed by atoms with E-state index in [4.69, 9.17) is 0 Å². The van der Waals surface area contributed by atoms with Gasteiger partial charge in [-0.15, -0.1) is 5.92 Å². The Kier molecular flexibility index (Phi) is 6.93. The maximum Gasteiger partial charge on any atom is -0.00235 e. The average molecular weight is 262 g/mol. The molecule has 0 unspecified atom stereocenters. The van der Waals surface area contributed by atoms with Crippen LogP contribution in [0, 0.1) is 18.8 Å². The summed E-state index contributed by atoms with van der Waals surface area (Å²) in [6, 6.07) is 8.43. The van der Waals surface area contributed by atoms with Gasteiger partial charge in [0, 0.05) is 0 Å². The lowest BCUT2D eigenvalue weighted by molar-refractivity contribution is 1.42. The molecular weight excluding hydrogens is 240 g/mol. The van der Waals surface area contributed by atoms with Gasteiger partial charge >= 0.3 is 0 Å². The van der Waals surface area contributed by atoms with Crippen LogP contribution >= 0.6 is 0 Å². The molecule has 0 aromatic heterocycles. The van der Waals surface area contributed by atoms with Gasteiger partial charge in [-0.05, 0) is 56.0 Å². The Morgan fingerprint density at radius 3 is 2.40 bits per heavy atom. The second-order valence-corrected chi connectivity index (χ2v) is 4.43. The topological polar surface area (TPSA) is 0 Å². The highest BCUT2D eigenvalue weighted by Gasteiger charge is 1.99. The lowest BCUT2D eigenvalue weighted by atomic mass is 9.99. The molecule has 0 amide bonds. The fraction of sp³-hybridized carbons (Fsp3) is 0.200. The second kappa shape index (κ2) is 8.77. The molecule has 0 heteroatoms. The van der Waals surface area contributed by atoms with Crippen molar-refractivity contribution in [3.05, 3.63) is 77.4 Å². The van der Waals surface area contributed by atoms with Gasteiger partial charge in [0.15, 0.2) is 0 Å². The van der Waals surface area contributed by atoms with Crippen molar-refractivity contribution in [2.45, 2.75) is 27.7 Å². The van der Waals surface area contributed by atoms with Crippen molar-refractivity contribution in [2.24, 2.45) is 0 Å². The van der Waals surface area contributed by atoms with Gasteiger partial charge in [0.1, 0.15) is 0 Å². The molecule has 1 rings (SSSR count). The number of rotatable bonds is 4. The minimum absolute atomic E-state index is 1.11. The van der Waals surface area contributed by atoms with Gasteiger partial charge in [-0.1, -0.05) is 60.6 Å². The van der Waals surface area contributed by atoms with Crippen LogP contribution in [0.4, 0.5) is 0 Å². The van der Waals surface area contributed by atoms with Crippen molar-refractivity contribution >= 4 is 5.57 Å². The highest BCUT2D eigenvalue weighted by Crippen LogP contribution is 2.20. The van der Waals surface area contributed by atoms with E-state index in [-0.39, 0.29) is 0 Å².